The molecule has 2 rings (SSSR count). The van der Waals surface area contributed by atoms with Gasteiger partial charge in [0, 0.05) is 12.2 Å². The van der Waals surface area contributed by atoms with Crippen molar-refractivity contribution >= 4 is 0 Å². The first-order chi connectivity index (χ1) is 7.77. The van der Waals surface area contributed by atoms with E-state index in [1.165, 1.54) is 0 Å². The number of aliphatic hydroxyl groups is 1. The number of para-hydroxylation sites is 1. The molecule has 0 radical (unpaired) electrons. The first kappa shape index (κ1) is 11.4. The Kier molecular flexibility index (Phi) is 3.80. The third-order valence-electron chi connectivity index (χ3n) is 2.82. The van der Waals surface area contributed by atoms with E-state index in [-0.39, 0.29) is 6.10 Å². The van der Waals surface area contributed by atoms with Crippen LogP contribution in [0.4, 0.5) is 0 Å². The monoisotopic (exact) mass is 222 g/mol. The predicted octanol–water partition coefficient (Wildman–Crippen LogP) is 2.30. The minimum Gasteiger partial charge on any atom is -0.490 e. The van der Waals surface area contributed by atoms with Crippen LogP contribution in [-0.2, 0) is 4.74 Å². The zero-order chi connectivity index (χ0) is 11.4. The number of hydrogen-bond acceptors (Lipinski definition) is 3. The smallest absolute Gasteiger partial charge is 0.125 e. The van der Waals surface area contributed by atoms with E-state index < -0.39 is 6.10 Å². The molecule has 0 amide bonds. The lowest BCUT2D eigenvalue weighted by molar-refractivity contribution is 0.0664. The van der Waals surface area contributed by atoms with Crippen molar-refractivity contribution in [1.82, 2.24) is 0 Å². The molecule has 3 heteroatoms. The fourth-order valence-corrected chi connectivity index (χ4v) is 1.92. The van der Waals surface area contributed by atoms with E-state index in [1.807, 2.05) is 24.3 Å². The summed E-state index contributed by atoms with van der Waals surface area (Å²) in [6.07, 6.45) is 1.89. The summed E-state index contributed by atoms with van der Waals surface area (Å²) in [5.74, 6) is 0.757. The Morgan fingerprint density at radius 3 is 3.00 bits per heavy atom. The van der Waals surface area contributed by atoms with Crippen molar-refractivity contribution in [2.45, 2.75) is 32.0 Å². The summed E-state index contributed by atoms with van der Waals surface area (Å²) in [5, 5.41) is 9.59. The molecular formula is C13H18O3. The molecule has 1 fully saturated rings. The van der Waals surface area contributed by atoms with Crippen LogP contribution >= 0.6 is 0 Å². The van der Waals surface area contributed by atoms with Crippen molar-refractivity contribution in [3.63, 3.8) is 0 Å². The van der Waals surface area contributed by atoms with Crippen LogP contribution < -0.4 is 4.74 Å². The second kappa shape index (κ2) is 5.32. The molecule has 2 unspecified atom stereocenters. The Morgan fingerprint density at radius 2 is 2.31 bits per heavy atom. The summed E-state index contributed by atoms with van der Waals surface area (Å²) in [6, 6.07) is 7.59. The van der Waals surface area contributed by atoms with Crippen molar-refractivity contribution in [3.8, 4) is 5.75 Å². The highest BCUT2D eigenvalue weighted by Gasteiger charge is 2.17. The number of ether oxygens (including phenoxy) is 2. The lowest BCUT2D eigenvalue weighted by Crippen LogP contribution is -2.17. The van der Waals surface area contributed by atoms with E-state index in [0.29, 0.717) is 6.61 Å². The van der Waals surface area contributed by atoms with Gasteiger partial charge in [0.05, 0.1) is 12.2 Å². The Hall–Kier alpha value is -1.06. The van der Waals surface area contributed by atoms with Crippen LogP contribution in [0.5, 0.6) is 5.75 Å². The van der Waals surface area contributed by atoms with Crippen LogP contribution in [0.25, 0.3) is 0 Å². The van der Waals surface area contributed by atoms with Crippen molar-refractivity contribution in [2.24, 2.45) is 0 Å². The molecule has 16 heavy (non-hydrogen) atoms. The molecule has 1 aromatic rings. The molecule has 0 saturated carbocycles. The maximum Gasteiger partial charge on any atom is 0.125 e. The van der Waals surface area contributed by atoms with Gasteiger partial charge in [0.15, 0.2) is 0 Å². The van der Waals surface area contributed by atoms with Gasteiger partial charge in [-0.25, -0.2) is 0 Å². The number of benzene rings is 1. The molecule has 1 saturated heterocycles. The quantitative estimate of drug-likeness (QED) is 0.849. The molecule has 1 aliphatic rings. The highest BCUT2D eigenvalue weighted by atomic mass is 16.5. The average molecular weight is 222 g/mol. The Labute approximate surface area is 96.0 Å². The lowest BCUT2D eigenvalue weighted by atomic mass is 10.1. The molecule has 1 aliphatic heterocycles. The zero-order valence-corrected chi connectivity index (χ0v) is 9.56. The van der Waals surface area contributed by atoms with Crippen LogP contribution in [-0.4, -0.2) is 24.4 Å². The largest absolute Gasteiger partial charge is 0.490 e. The molecule has 0 aromatic heterocycles. The standard InChI is InChI=1S/C13H18O3/c1-10(14)12-6-2-3-7-13(12)16-9-11-5-4-8-15-11/h2-3,6-7,10-11,14H,4-5,8-9H2,1H3. The Morgan fingerprint density at radius 1 is 1.50 bits per heavy atom. The van der Waals surface area contributed by atoms with Gasteiger partial charge in [0.1, 0.15) is 12.4 Å². The molecule has 2 atom stereocenters. The van der Waals surface area contributed by atoms with Gasteiger partial charge < -0.3 is 14.6 Å². The van der Waals surface area contributed by atoms with E-state index in [9.17, 15) is 5.11 Å². The zero-order valence-electron chi connectivity index (χ0n) is 9.56. The van der Waals surface area contributed by atoms with Crippen molar-refractivity contribution < 1.29 is 14.6 Å². The normalized spacial score (nSPS) is 22.0. The topological polar surface area (TPSA) is 38.7 Å². The molecule has 1 heterocycles. The maximum atomic E-state index is 9.59. The van der Waals surface area contributed by atoms with Crippen LogP contribution in [0.3, 0.4) is 0 Å². The Balaban J connectivity index is 1.97. The summed E-state index contributed by atoms with van der Waals surface area (Å²) in [6.45, 7) is 3.16. The van der Waals surface area contributed by atoms with Crippen LogP contribution in [0, 0.1) is 0 Å². The molecule has 88 valence electrons. The third kappa shape index (κ3) is 2.74. The summed E-state index contributed by atoms with van der Waals surface area (Å²) in [7, 11) is 0. The van der Waals surface area contributed by atoms with Gasteiger partial charge in [0.2, 0.25) is 0 Å². The second-order valence-corrected chi connectivity index (χ2v) is 4.16. The van der Waals surface area contributed by atoms with Gasteiger partial charge >= 0.3 is 0 Å². The van der Waals surface area contributed by atoms with Crippen molar-refractivity contribution in [3.05, 3.63) is 29.8 Å². The van der Waals surface area contributed by atoms with Crippen LogP contribution in [0.2, 0.25) is 0 Å². The molecule has 0 spiro atoms. The van der Waals surface area contributed by atoms with E-state index >= 15 is 0 Å². The first-order valence-electron chi connectivity index (χ1n) is 5.79. The fraction of sp³-hybridized carbons (Fsp3) is 0.538. The summed E-state index contributed by atoms with van der Waals surface area (Å²) in [5.41, 5.74) is 0.834. The van der Waals surface area contributed by atoms with Gasteiger partial charge in [-0.1, -0.05) is 18.2 Å². The van der Waals surface area contributed by atoms with Crippen LogP contribution in [0.1, 0.15) is 31.4 Å². The van der Waals surface area contributed by atoms with Crippen molar-refractivity contribution in [1.29, 1.82) is 0 Å². The first-order valence-corrected chi connectivity index (χ1v) is 5.79. The predicted molar refractivity (Wildman–Crippen MR) is 61.5 cm³/mol. The molecule has 3 nitrogen and oxygen atoms in total. The van der Waals surface area contributed by atoms with Crippen LogP contribution in [0.15, 0.2) is 24.3 Å². The third-order valence-corrected chi connectivity index (χ3v) is 2.82. The second-order valence-electron chi connectivity index (χ2n) is 4.16. The molecule has 0 aliphatic carbocycles. The minimum atomic E-state index is -0.499. The molecule has 1 N–H and O–H groups in total. The molecule has 1 aromatic carbocycles. The summed E-state index contributed by atoms with van der Waals surface area (Å²) in [4.78, 5) is 0. The van der Waals surface area contributed by atoms with Gasteiger partial charge in [-0.15, -0.1) is 0 Å². The highest BCUT2D eigenvalue weighted by Crippen LogP contribution is 2.25. The number of rotatable bonds is 4. The minimum absolute atomic E-state index is 0.210. The van der Waals surface area contributed by atoms with Gasteiger partial charge in [0.25, 0.3) is 0 Å². The number of hydrogen-bond donors (Lipinski definition) is 1. The highest BCUT2D eigenvalue weighted by molar-refractivity contribution is 5.34. The maximum absolute atomic E-state index is 9.59. The summed E-state index contributed by atoms with van der Waals surface area (Å²) < 4.78 is 11.2. The van der Waals surface area contributed by atoms with Crippen molar-refractivity contribution in [2.75, 3.05) is 13.2 Å². The van der Waals surface area contributed by atoms with E-state index in [0.717, 1.165) is 30.8 Å². The number of aliphatic hydroxyl groups excluding tert-OH is 1. The molecule has 0 bridgehead atoms. The van der Waals surface area contributed by atoms with Gasteiger partial charge in [-0.05, 0) is 25.8 Å². The molecular weight excluding hydrogens is 204 g/mol. The SMILES string of the molecule is CC(O)c1ccccc1OCC1CCCO1. The van der Waals surface area contributed by atoms with Gasteiger partial charge in [-0.3, -0.25) is 0 Å². The fourth-order valence-electron chi connectivity index (χ4n) is 1.92. The lowest BCUT2D eigenvalue weighted by Gasteiger charge is -2.15. The average Bonchev–Trinajstić information content (AvgIpc) is 2.79. The van der Waals surface area contributed by atoms with E-state index in [4.69, 9.17) is 9.47 Å². The van der Waals surface area contributed by atoms with E-state index in [2.05, 4.69) is 0 Å². The van der Waals surface area contributed by atoms with E-state index in [1.54, 1.807) is 6.92 Å². The van der Waals surface area contributed by atoms with Gasteiger partial charge in [-0.2, -0.15) is 0 Å². The summed E-state index contributed by atoms with van der Waals surface area (Å²) >= 11 is 0. The Bertz CT molecular complexity index is 330.